The Bertz CT molecular complexity index is 895. The summed E-state index contributed by atoms with van der Waals surface area (Å²) in [6.45, 7) is 4.10. The molecule has 9 heteroatoms. The number of hydrogen-bond donors (Lipinski definition) is 1. The predicted octanol–water partition coefficient (Wildman–Crippen LogP) is 1.08. The van der Waals surface area contributed by atoms with Gasteiger partial charge in [-0.05, 0) is 31.2 Å². The molecular formula is C18H21FN4O4. The fourth-order valence-corrected chi connectivity index (χ4v) is 2.89. The summed E-state index contributed by atoms with van der Waals surface area (Å²) in [4.78, 5) is 24.8. The topological polar surface area (TPSA) is 88.9 Å². The van der Waals surface area contributed by atoms with Crippen LogP contribution in [0.15, 0.2) is 34.2 Å². The first-order chi connectivity index (χ1) is 13.0. The lowest BCUT2D eigenvalue weighted by Gasteiger charge is -2.24. The van der Waals surface area contributed by atoms with Gasteiger partial charge in [0, 0.05) is 0 Å². The van der Waals surface area contributed by atoms with Gasteiger partial charge in [-0.25, -0.2) is 9.07 Å². The second kappa shape index (κ2) is 8.17. The molecule has 1 aromatic carbocycles. The molecule has 0 atom stereocenters. The summed E-state index contributed by atoms with van der Waals surface area (Å²) in [7, 11) is 1.28. The van der Waals surface area contributed by atoms with E-state index in [1.165, 1.54) is 36.1 Å². The van der Waals surface area contributed by atoms with Crippen molar-refractivity contribution in [2.24, 2.45) is 5.10 Å². The number of ether oxygens (including phenoxy) is 2. The lowest BCUT2D eigenvalue weighted by molar-refractivity contribution is -0.139. The SMILES string of the molecule is COC(=O)Cc1[nH]n(-c2ccc(F)cc2)c(=O)c1/C(C)=N/N1CCOCC1. The lowest BCUT2D eigenvalue weighted by atomic mass is 10.1. The number of hydrazone groups is 1. The number of nitrogens with zero attached hydrogens (tertiary/aromatic N) is 3. The zero-order valence-electron chi connectivity index (χ0n) is 15.2. The monoisotopic (exact) mass is 376 g/mol. The van der Waals surface area contributed by atoms with Crippen LogP contribution in [0.2, 0.25) is 0 Å². The maximum Gasteiger partial charge on any atom is 0.311 e. The second-order valence-corrected chi connectivity index (χ2v) is 6.09. The van der Waals surface area contributed by atoms with Crippen LogP contribution in [0.25, 0.3) is 5.69 Å². The number of benzene rings is 1. The van der Waals surface area contributed by atoms with Crippen molar-refractivity contribution in [1.29, 1.82) is 0 Å². The molecule has 1 saturated heterocycles. The van der Waals surface area contributed by atoms with E-state index >= 15 is 0 Å². The van der Waals surface area contributed by atoms with E-state index < -0.39 is 11.8 Å². The number of nitrogens with one attached hydrogen (secondary N) is 1. The van der Waals surface area contributed by atoms with Crippen molar-refractivity contribution in [2.45, 2.75) is 13.3 Å². The van der Waals surface area contributed by atoms with Crippen LogP contribution in [0, 0.1) is 5.82 Å². The van der Waals surface area contributed by atoms with E-state index in [-0.39, 0.29) is 12.0 Å². The van der Waals surface area contributed by atoms with E-state index in [0.29, 0.717) is 49.0 Å². The van der Waals surface area contributed by atoms with Crippen LogP contribution in [0.1, 0.15) is 18.2 Å². The smallest absolute Gasteiger partial charge is 0.311 e. The van der Waals surface area contributed by atoms with Crippen molar-refractivity contribution in [2.75, 3.05) is 33.4 Å². The summed E-state index contributed by atoms with van der Waals surface area (Å²) in [6.07, 6.45) is -0.106. The number of methoxy groups -OCH3 is 1. The van der Waals surface area contributed by atoms with Crippen LogP contribution in [0.5, 0.6) is 0 Å². The number of carbonyl (C=O) groups is 1. The normalized spacial score (nSPS) is 15.1. The fourth-order valence-electron chi connectivity index (χ4n) is 2.89. The highest BCUT2D eigenvalue weighted by molar-refractivity contribution is 6.00. The standard InChI is InChI=1S/C18H21FN4O4/c1-12(20-22-7-9-27-10-8-22)17-15(11-16(24)26-2)21-23(18(17)25)14-5-3-13(19)4-6-14/h3-6,21H,7-11H2,1-2H3/b20-12+. The summed E-state index contributed by atoms with van der Waals surface area (Å²) in [5.41, 5.74) is 1.27. The van der Waals surface area contributed by atoms with Gasteiger partial charge in [-0.1, -0.05) is 0 Å². The van der Waals surface area contributed by atoms with E-state index in [1.54, 1.807) is 6.92 Å². The number of aromatic nitrogens is 2. The highest BCUT2D eigenvalue weighted by atomic mass is 19.1. The van der Waals surface area contributed by atoms with Crippen LogP contribution in [0.4, 0.5) is 4.39 Å². The average Bonchev–Trinajstić information content (AvgIpc) is 2.99. The van der Waals surface area contributed by atoms with Gasteiger partial charge in [0.05, 0.1) is 62.5 Å². The van der Waals surface area contributed by atoms with E-state index in [1.807, 2.05) is 5.01 Å². The van der Waals surface area contributed by atoms with Crippen molar-refractivity contribution in [3.8, 4) is 5.69 Å². The molecule has 0 bridgehead atoms. The molecule has 0 aliphatic carbocycles. The molecule has 0 amide bonds. The second-order valence-electron chi connectivity index (χ2n) is 6.09. The molecule has 0 radical (unpaired) electrons. The number of aromatic amines is 1. The molecule has 1 fully saturated rings. The minimum Gasteiger partial charge on any atom is -0.469 e. The minimum atomic E-state index is -0.483. The van der Waals surface area contributed by atoms with Gasteiger partial charge in [0.25, 0.3) is 5.56 Å². The molecule has 144 valence electrons. The van der Waals surface area contributed by atoms with Crippen LogP contribution in [-0.4, -0.2) is 59.9 Å². The Kier molecular flexibility index (Phi) is 5.70. The zero-order chi connectivity index (χ0) is 19.4. The van der Waals surface area contributed by atoms with E-state index in [9.17, 15) is 14.0 Å². The molecule has 0 saturated carbocycles. The number of rotatable bonds is 5. The summed E-state index contributed by atoms with van der Waals surface area (Å²) in [5.74, 6) is -0.888. The van der Waals surface area contributed by atoms with E-state index in [2.05, 4.69) is 10.2 Å². The maximum atomic E-state index is 13.2. The van der Waals surface area contributed by atoms with Gasteiger partial charge in [-0.15, -0.1) is 0 Å². The molecule has 2 heterocycles. The Morgan fingerprint density at radius 1 is 1.30 bits per heavy atom. The number of esters is 1. The Balaban J connectivity index is 2.04. The number of halogens is 1. The van der Waals surface area contributed by atoms with Crippen molar-refractivity contribution < 1.29 is 18.7 Å². The Labute approximate surface area is 155 Å². The Morgan fingerprint density at radius 2 is 1.96 bits per heavy atom. The highest BCUT2D eigenvalue weighted by Crippen LogP contribution is 2.12. The van der Waals surface area contributed by atoms with Crippen molar-refractivity contribution in [3.63, 3.8) is 0 Å². The Morgan fingerprint density at radius 3 is 2.59 bits per heavy atom. The van der Waals surface area contributed by atoms with Gasteiger partial charge in [0.1, 0.15) is 5.82 Å². The molecule has 0 unspecified atom stereocenters. The molecule has 1 aromatic heterocycles. The van der Waals surface area contributed by atoms with Crippen molar-refractivity contribution in [1.82, 2.24) is 14.8 Å². The number of hydrogen-bond acceptors (Lipinski definition) is 6. The molecular weight excluding hydrogens is 355 g/mol. The largest absolute Gasteiger partial charge is 0.469 e. The first-order valence-corrected chi connectivity index (χ1v) is 8.54. The maximum absolute atomic E-state index is 13.2. The molecule has 1 N–H and O–H groups in total. The third-order valence-corrected chi connectivity index (χ3v) is 4.24. The van der Waals surface area contributed by atoms with Crippen molar-refractivity contribution >= 4 is 11.7 Å². The minimum absolute atomic E-state index is 0.106. The van der Waals surface area contributed by atoms with Crippen LogP contribution in [0.3, 0.4) is 0 Å². The fraction of sp³-hybridized carbons (Fsp3) is 0.389. The molecule has 27 heavy (non-hydrogen) atoms. The molecule has 1 aliphatic rings. The van der Waals surface area contributed by atoms with Gasteiger partial charge in [0.15, 0.2) is 0 Å². The number of carbonyl (C=O) groups excluding carboxylic acids is 1. The Hall–Kier alpha value is -2.94. The average molecular weight is 376 g/mol. The van der Waals surface area contributed by atoms with Gasteiger partial charge in [-0.3, -0.25) is 19.7 Å². The van der Waals surface area contributed by atoms with Crippen LogP contribution >= 0.6 is 0 Å². The summed E-state index contributed by atoms with van der Waals surface area (Å²) in [5, 5.41) is 9.26. The highest BCUT2D eigenvalue weighted by Gasteiger charge is 2.21. The molecule has 0 spiro atoms. The predicted molar refractivity (Wildman–Crippen MR) is 96.7 cm³/mol. The zero-order valence-corrected chi connectivity index (χ0v) is 15.2. The first kappa shape index (κ1) is 18.8. The van der Waals surface area contributed by atoms with E-state index in [0.717, 1.165) is 0 Å². The lowest BCUT2D eigenvalue weighted by Crippen LogP contribution is -2.33. The van der Waals surface area contributed by atoms with Gasteiger partial charge < -0.3 is 9.47 Å². The summed E-state index contributed by atoms with van der Waals surface area (Å²) < 4.78 is 24.5. The summed E-state index contributed by atoms with van der Waals surface area (Å²) >= 11 is 0. The molecule has 2 aromatic rings. The summed E-state index contributed by atoms with van der Waals surface area (Å²) in [6, 6.07) is 5.48. The molecule has 3 rings (SSSR count). The third kappa shape index (κ3) is 4.25. The molecule has 1 aliphatic heterocycles. The van der Waals surface area contributed by atoms with Gasteiger partial charge >= 0.3 is 5.97 Å². The number of H-pyrrole nitrogens is 1. The van der Waals surface area contributed by atoms with Crippen LogP contribution < -0.4 is 5.56 Å². The van der Waals surface area contributed by atoms with E-state index in [4.69, 9.17) is 9.47 Å². The number of morpholine rings is 1. The quantitative estimate of drug-likeness (QED) is 0.623. The molecule has 8 nitrogen and oxygen atoms in total. The van der Waals surface area contributed by atoms with Gasteiger partial charge in [0.2, 0.25) is 0 Å². The van der Waals surface area contributed by atoms with Gasteiger partial charge in [-0.2, -0.15) is 5.10 Å². The van der Waals surface area contributed by atoms with Crippen LogP contribution in [-0.2, 0) is 20.7 Å². The third-order valence-electron chi connectivity index (χ3n) is 4.24. The first-order valence-electron chi connectivity index (χ1n) is 8.54. The van der Waals surface area contributed by atoms with Crippen molar-refractivity contribution in [3.05, 3.63) is 51.7 Å².